The van der Waals surface area contributed by atoms with Crippen LogP contribution >= 0.6 is 0 Å². The molecule has 2 heterocycles. The van der Waals surface area contributed by atoms with Crippen LogP contribution in [0.4, 0.5) is 5.69 Å². The summed E-state index contributed by atoms with van der Waals surface area (Å²) in [6.45, 7) is 4.90. The smallest absolute Gasteiger partial charge is 0.0876 e. The Morgan fingerprint density at radius 1 is 1.32 bits per heavy atom. The van der Waals surface area contributed by atoms with Crippen LogP contribution in [0.3, 0.4) is 0 Å². The summed E-state index contributed by atoms with van der Waals surface area (Å²) in [6, 6.07) is 8.69. The molecule has 0 aliphatic carbocycles. The number of hydrogen-bond acceptors (Lipinski definition) is 4. The number of hydrogen-bond donors (Lipinski definition) is 1. The topological polar surface area (TPSA) is 41.7 Å². The molecule has 0 saturated carbocycles. The van der Waals surface area contributed by atoms with Crippen LogP contribution in [0.5, 0.6) is 0 Å². The van der Waals surface area contributed by atoms with Gasteiger partial charge in [-0.1, -0.05) is 18.2 Å². The third kappa shape index (κ3) is 2.76. The van der Waals surface area contributed by atoms with Crippen LogP contribution < -0.4 is 10.6 Å². The van der Waals surface area contributed by atoms with Gasteiger partial charge in [-0.15, -0.1) is 0 Å². The Kier molecular flexibility index (Phi) is 3.73. The van der Waals surface area contributed by atoms with Crippen LogP contribution in [0.25, 0.3) is 0 Å². The van der Waals surface area contributed by atoms with Crippen molar-refractivity contribution >= 4 is 5.69 Å². The highest BCUT2D eigenvalue weighted by Crippen LogP contribution is 2.32. The molecule has 1 aromatic rings. The lowest BCUT2D eigenvalue weighted by Crippen LogP contribution is -2.47. The van der Waals surface area contributed by atoms with Gasteiger partial charge in [0.25, 0.3) is 0 Å². The summed E-state index contributed by atoms with van der Waals surface area (Å²) in [7, 11) is 2.16. The van der Waals surface area contributed by atoms with E-state index in [1.807, 2.05) is 0 Å². The maximum Gasteiger partial charge on any atom is 0.0876 e. The summed E-state index contributed by atoms with van der Waals surface area (Å²) in [6.07, 6.45) is 1.33. The van der Waals surface area contributed by atoms with Crippen molar-refractivity contribution in [3.63, 3.8) is 0 Å². The Labute approximate surface area is 115 Å². The number of anilines is 1. The van der Waals surface area contributed by atoms with E-state index in [1.165, 1.54) is 11.3 Å². The first kappa shape index (κ1) is 12.9. The van der Waals surface area contributed by atoms with Crippen molar-refractivity contribution in [3.05, 3.63) is 29.8 Å². The summed E-state index contributed by atoms with van der Waals surface area (Å²) >= 11 is 0. The fraction of sp³-hybridized carbons (Fsp3) is 0.600. The number of para-hydroxylation sites is 1. The van der Waals surface area contributed by atoms with E-state index in [1.54, 1.807) is 0 Å². The highest BCUT2D eigenvalue weighted by Gasteiger charge is 2.26. The zero-order valence-electron chi connectivity index (χ0n) is 11.6. The SMILES string of the molecule is CN1CCOC(CN2CCC(N)c3ccccc32)C1. The minimum Gasteiger partial charge on any atom is -0.374 e. The lowest BCUT2D eigenvalue weighted by Gasteiger charge is -2.38. The second-order valence-electron chi connectivity index (χ2n) is 5.66. The van der Waals surface area contributed by atoms with Gasteiger partial charge in [-0.2, -0.15) is 0 Å². The zero-order valence-corrected chi connectivity index (χ0v) is 11.6. The molecule has 4 nitrogen and oxygen atoms in total. The Hall–Kier alpha value is -1.10. The summed E-state index contributed by atoms with van der Waals surface area (Å²) in [4.78, 5) is 4.78. The molecule has 0 radical (unpaired) electrons. The van der Waals surface area contributed by atoms with Crippen molar-refractivity contribution in [2.24, 2.45) is 5.73 Å². The van der Waals surface area contributed by atoms with Crippen LogP contribution in [-0.2, 0) is 4.74 Å². The van der Waals surface area contributed by atoms with Gasteiger partial charge in [0.15, 0.2) is 0 Å². The summed E-state index contributed by atoms with van der Waals surface area (Å²) in [5.41, 5.74) is 8.76. The molecule has 2 atom stereocenters. The predicted octanol–water partition coefficient (Wildman–Crippen LogP) is 1.23. The number of likely N-dealkylation sites (N-methyl/N-ethyl adjacent to an activating group) is 1. The fourth-order valence-electron chi connectivity index (χ4n) is 3.07. The van der Waals surface area contributed by atoms with Gasteiger partial charge in [0.2, 0.25) is 0 Å². The van der Waals surface area contributed by atoms with Gasteiger partial charge < -0.3 is 20.3 Å². The number of benzene rings is 1. The van der Waals surface area contributed by atoms with E-state index in [2.05, 4.69) is 41.1 Å². The third-order valence-corrected chi connectivity index (χ3v) is 4.15. The standard InChI is InChI=1S/C15H23N3O/c1-17-8-9-19-12(10-17)11-18-7-6-14(16)13-4-2-3-5-15(13)18/h2-5,12,14H,6-11,16H2,1H3. The molecular weight excluding hydrogens is 238 g/mol. The van der Waals surface area contributed by atoms with Crippen molar-refractivity contribution in [1.29, 1.82) is 0 Å². The Morgan fingerprint density at radius 3 is 3.00 bits per heavy atom. The maximum atomic E-state index is 6.20. The first-order chi connectivity index (χ1) is 9.24. The fourth-order valence-corrected chi connectivity index (χ4v) is 3.07. The number of ether oxygens (including phenoxy) is 1. The van der Waals surface area contributed by atoms with Gasteiger partial charge >= 0.3 is 0 Å². The molecule has 2 aliphatic rings. The first-order valence-electron chi connectivity index (χ1n) is 7.13. The molecule has 0 spiro atoms. The Morgan fingerprint density at radius 2 is 2.16 bits per heavy atom. The minimum atomic E-state index is 0.183. The van der Waals surface area contributed by atoms with Crippen molar-refractivity contribution in [2.45, 2.75) is 18.6 Å². The van der Waals surface area contributed by atoms with E-state index in [0.717, 1.165) is 39.2 Å². The van der Waals surface area contributed by atoms with E-state index in [4.69, 9.17) is 10.5 Å². The molecule has 0 bridgehead atoms. The monoisotopic (exact) mass is 261 g/mol. The van der Waals surface area contributed by atoms with Gasteiger partial charge in [0.05, 0.1) is 12.7 Å². The van der Waals surface area contributed by atoms with Crippen LogP contribution in [0.1, 0.15) is 18.0 Å². The van der Waals surface area contributed by atoms with Crippen molar-refractivity contribution in [2.75, 3.05) is 44.7 Å². The quantitative estimate of drug-likeness (QED) is 0.869. The summed E-state index contributed by atoms with van der Waals surface area (Å²) in [5, 5.41) is 0. The molecule has 1 saturated heterocycles. The summed E-state index contributed by atoms with van der Waals surface area (Å²) < 4.78 is 5.88. The largest absolute Gasteiger partial charge is 0.374 e. The van der Waals surface area contributed by atoms with E-state index < -0.39 is 0 Å². The number of nitrogens with zero attached hydrogens (tertiary/aromatic N) is 2. The molecule has 2 aliphatic heterocycles. The van der Waals surface area contributed by atoms with Crippen molar-refractivity contribution in [3.8, 4) is 0 Å². The highest BCUT2D eigenvalue weighted by molar-refractivity contribution is 5.57. The van der Waals surface area contributed by atoms with E-state index in [-0.39, 0.29) is 6.04 Å². The number of rotatable bonds is 2. The van der Waals surface area contributed by atoms with Crippen molar-refractivity contribution < 1.29 is 4.74 Å². The zero-order chi connectivity index (χ0) is 13.2. The van der Waals surface area contributed by atoms with Gasteiger partial charge in [0.1, 0.15) is 0 Å². The molecular formula is C15H23N3O. The van der Waals surface area contributed by atoms with Crippen LogP contribution in [0, 0.1) is 0 Å². The number of fused-ring (bicyclic) bond motifs is 1. The van der Waals surface area contributed by atoms with Crippen LogP contribution in [0.2, 0.25) is 0 Å². The molecule has 0 aromatic heterocycles. The molecule has 1 fully saturated rings. The predicted molar refractivity (Wildman–Crippen MR) is 77.4 cm³/mol. The molecule has 1 aromatic carbocycles. The van der Waals surface area contributed by atoms with Gasteiger partial charge in [0, 0.05) is 37.9 Å². The molecule has 19 heavy (non-hydrogen) atoms. The van der Waals surface area contributed by atoms with Gasteiger partial charge in [-0.25, -0.2) is 0 Å². The van der Waals surface area contributed by atoms with E-state index in [0.29, 0.717) is 6.10 Å². The molecule has 4 heteroatoms. The lowest BCUT2D eigenvalue weighted by molar-refractivity contribution is -0.0149. The molecule has 2 N–H and O–H groups in total. The normalized spacial score (nSPS) is 28.2. The maximum absolute atomic E-state index is 6.20. The summed E-state index contributed by atoms with van der Waals surface area (Å²) in [5.74, 6) is 0. The second-order valence-corrected chi connectivity index (χ2v) is 5.66. The molecule has 0 amide bonds. The lowest BCUT2D eigenvalue weighted by atomic mass is 9.97. The molecule has 104 valence electrons. The minimum absolute atomic E-state index is 0.183. The average Bonchev–Trinajstić information content (AvgIpc) is 2.42. The number of nitrogens with two attached hydrogens (primary N) is 1. The Bertz CT molecular complexity index is 437. The molecule has 3 rings (SSSR count). The highest BCUT2D eigenvalue weighted by atomic mass is 16.5. The van der Waals surface area contributed by atoms with E-state index >= 15 is 0 Å². The van der Waals surface area contributed by atoms with E-state index in [9.17, 15) is 0 Å². The Balaban J connectivity index is 1.73. The number of morpholine rings is 1. The van der Waals surface area contributed by atoms with Gasteiger partial charge in [-0.05, 0) is 25.1 Å². The van der Waals surface area contributed by atoms with Crippen LogP contribution in [-0.4, -0.2) is 50.8 Å². The second kappa shape index (κ2) is 5.49. The van der Waals surface area contributed by atoms with Crippen LogP contribution in [0.15, 0.2) is 24.3 Å². The van der Waals surface area contributed by atoms with Gasteiger partial charge in [-0.3, -0.25) is 0 Å². The first-order valence-corrected chi connectivity index (χ1v) is 7.13. The van der Waals surface area contributed by atoms with Crippen molar-refractivity contribution in [1.82, 2.24) is 4.90 Å². The molecule has 2 unspecified atom stereocenters. The average molecular weight is 261 g/mol. The third-order valence-electron chi connectivity index (χ3n) is 4.15.